The van der Waals surface area contributed by atoms with E-state index in [-0.39, 0.29) is 0 Å². The zero-order chi connectivity index (χ0) is 20.6. The first-order valence-corrected chi connectivity index (χ1v) is 9.60. The third kappa shape index (κ3) is 5.56. The van der Waals surface area contributed by atoms with Crippen LogP contribution in [0.2, 0.25) is 5.02 Å². The number of amides is 1. The molecule has 1 atom stereocenters. The summed E-state index contributed by atoms with van der Waals surface area (Å²) in [7, 11) is 0. The smallest absolute Gasteiger partial charge is 0.248 e. The highest BCUT2D eigenvalue weighted by molar-refractivity contribution is 6.30. The van der Waals surface area contributed by atoms with Crippen molar-refractivity contribution in [3.8, 4) is 11.1 Å². The van der Waals surface area contributed by atoms with Gasteiger partial charge in [-0.05, 0) is 47.9 Å². The molecule has 0 aliphatic heterocycles. The van der Waals surface area contributed by atoms with Crippen molar-refractivity contribution in [2.75, 3.05) is 0 Å². The van der Waals surface area contributed by atoms with Crippen LogP contribution in [0.3, 0.4) is 0 Å². The lowest BCUT2D eigenvalue weighted by Crippen LogP contribution is -2.10. The van der Waals surface area contributed by atoms with E-state index in [4.69, 9.17) is 17.3 Å². The summed E-state index contributed by atoms with van der Waals surface area (Å²) < 4.78 is 2.09. The molecule has 5 heteroatoms. The summed E-state index contributed by atoms with van der Waals surface area (Å²) in [5.74, 6) is -0.414. The number of nitrogens with zero attached hydrogens (tertiary/aromatic N) is 2. The predicted octanol–water partition coefficient (Wildman–Crippen LogP) is 5.60. The second-order valence-corrected chi connectivity index (χ2v) is 6.98. The van der Waals surface area contributed by atoms with Crippen LogP contribution in [0.5, 0.6) is 0 Å². The summed E-state index contributed by atoms with van der Waals surface area (Å²) in [5, 5.41) is 0.706. The normalized spacial score (nSPS) is 11.2. The van der Waals surface area contributed by atoms with Gasteiger partial charge in [-0.1, -0.05) is 66.2 Å². The molecule has 1 aromatic heterocycles. The Morgan fingerprint density at radius 2 is 1.52 bits per heavy atom. The average Bonchev–Trinajstić information content (AvgIpc) is 3.30. The highest BCUT2D eigenvalue weighted by Crippen LogP contribution is 2.21. The summed E-state index contributed by atoms with van der Waals surface area (Å²) in [5.41, 5.74) is 9.07. The number of benzene rings is 3. The number of rotatable bonds is 4. The SMILES string of the molecule is CC(c1ccccc1)n1ccnc1.NC(=O)c1ccc(-c2ccc(Cl)cc2)cc1. The van der Waals surface area contributed by atoms with Gasteiger partial charge in [0, 0.05) is 23.0 Å². The molecule has 0 bridgehead atoms. The van der Waals surface area contributed by atoms with E-state index in [1.807, 2.05) is 55.0 Å². The van der Waals surface area contributed by atoms with Crippen molar-refractivity contribution in [3.05, 3.63) is 114 Å². The van der Waals surface area contributed by atoms with Gasteiger partial charge in [-0.15, -0.1) is 0 Å². The van der Waals surface area contributed by atoms with Crippen molar-refractivity contribution in [1.82, 2.24) is 9.55 Å². The minimum atomic E-state index is -0.414. The molecule has 1 unspecified atom stereocenters. The number of imidazole rings is 1. The number of carbonyl (C=O) groups excluding carboxylic acids is 1. The molecule has 3 aromatic carbocycles. The van der Waals surface area contributed by atoms with Gasteiger partial charge in [0.2, 0.25) is 5.91 Å². The van der Waals surface area contributed by atoms with Crippen LogP contribution in [-0.4, -0.2) is 15.5 Å². The van der Waals surface area contributed by atoms with Crippen LogP contribution in [0, 0.1) is 0 Å². The van der Waals surface area contributed by atoms with E-state index >= 15 is 0 Å². The Balaban J connectivity index is 0.000000169. The molecule has 0 saturated carbocycles. The van der Waals surface area contributed by atoms with Crippen LogP contribution in [0.4, 0.5) is 0 Å². The maximum absolute atomic E-state index is 10.9. The van der Waals surface area contributed by atoms with Crippen molar-refractivity contribution >= 4 is 17.5 Å². The van der Waals surface area contributed by atoms with Gasteiger partial charge in [-0.3, -0.25) is 4.79 Å². The molecule has 4 rings (SSSR count). The summed E-state index contributed by atoms with van der Waals surface area (Å²) in [6.07, 6.45) is 5.63. The van der Waals surface area contributed by atoms with E-state index in [1.165, 1.54) is 5.56 Å². The first kappa shape index (κ1) is 20.4. The number of halogens is 1. The standard InChI is InChI=1S/C13H10ClNO.C11H12N2/c14-12-7-5-10(6-8-12)9-1-3-11(4-2-9)13(15)16;1-10(13-8-7-12-9-13)11-5-3-2-4-6-11/h1-8H,(H2,15,16);2-10H,1H3. The molecule has 0 aliphatic carbocycles. The molecule has 0 radical (unpaired) electrons. The monoisotopic (exact) mass is 403 g/mol. The van der Waals surface area contributed by atoms with Crippen molar-refractivity contribution in [3.63, 3.8) is 0 Å². The number of aromatic nitrogens is 2. The fourth-order valence-corrected chi connectivity index (χ4v) is 3.00. The van der Waals surface area contributed by atoms with E-state index in [0.717, 1.165) is 11.1 Å². The van der Waals surface area contributed by atoms with Gasteiger partial charge in [0.25, 0.3) is 0 Å². The van der Waals surface area contributed by atoms with E-state index < -0.39 is 5.91 Å². The lowest BCUT2D eigenvalue weighted by Gasteiger charge is -2.12. The molecule has 0 saturated heterocycles. The molecule has 0 fully saturated rings. The van der Waals surface area contributed by atoms with Crippen LogP contribution in [0.25, 0.3) is 11.1 Å². The Morgan fingerprint density at radius 3 is 2.03 bits per heavy atom. The Kier molecular flexibility index (Phi) is 6.82. The number of hydrogen-bond acceptors (Lipinski definition) is 2. The third-order valence-corrected chi connectivity index (χ3v) is 4.85. The average molecular weight is 404 g/mol. The minimum Gasteiger partial charge on any atom is -0.366 e. The summed E-state index contributed by atoms with van der Waals surface area (Å²) in [4.78, 5) is 14.9. The van der Waals surface area contributed by atoms with Gasteiger partial charge in [0.1, 0.15) is 0 Å². The summed E-state index contributed by atoms with van der Waals surface area (Å²) >= 11 is 5.80. The molecular formula is C24H22ClN3O. The molecule has 4 aromatic rings. The van der Waals surface area contributed by atoms with E-state index in [0.29, 0.717) is 16.6 Å². The van der Waals surface area contributed by atoms with Crippen molar-refractivity contribution in [1.29, 1.82) is 0 Å². The lowest BCUT2D eigenvalue weighted by atomic mass is 10.0. The third-order valence-electron chi connectivity index (χ3n) is 4.60. The van der Waals surface area contributed by atoms with Crippen LogP contribution < -0.4 is 5.73 Å². The molecule has 0 aliphatic rings. The second-order valence-electron chi connectivity index (χ2n) is 6.55. The quantitative estimate of drug-likeness (QED) is 0.482. The zero-order valence-electron chi connectivity index (χ0n) is 16.1. The van der Waals surface area contributed by atoms with Crippen LogP contribution in [0.1, 0.15) is 28.9 Å². The zero-order valence-corrected chi connectivity index (χ0v) is 16.8. The van der Waals surface area contributed by atoms with Gasteiger partial charge >= 0.3 is 0 Å². The van der Waals surface area contributed by atoms with Gasteiger partial charge < -0.3 is 10.3 Å². The number of carbonyl (C=O) groups is 1. The fraction of sp³-hybridized carbons (Fsp3) is 0.0833. The van der Waals surface area contributed by atoms with E-state index in [2.05, 4.69) is 40.7 Å². The van der Waals surface area contributed by atoms with E-state index in [1.54, 1.807) is 18.3 Å². The van der Waals surface area contributed by atoms with Crippen molar-refractivity contribution in [2.45, 2.75) is 13.0 Å². The topological polar surface area (TPSA) is 60.9 Å². The Morgan fingerprint density at radius 1 is 0.931 bits per heavy atom. The Hall–Kier alpha value is -3.37. The molecule has 0 spiro atoms. The van der Waals surface area contributed by atoms with Crippen molar-refractivity contribution < 1.29 is 4.79 Å². The molecule has 146 valence electrons. The number of hydrogen-bond donors (Lipinski definition) is 1. The molecule has 29 heavy (non-hydrogen) atoms. The fourth-order valence-electron chi connectivity index (χ4n) is 2.87. The van der Waals surface area contributed by atoms with Crippen molar-refractivity contribution in [2.24, 2.45) is 5.73 Å². The summed E-state index contributed by atoms with van der Waals surface area (Å²) in [6, 6.07) is 25.5. The van der Waals surface area contributed by atoms with Crippen LogP contribution in [-0.2, 0) is 0 Å². The maximum atomic E-state index is 10.9. The van der Waals surface area contributed by atoms with E-state index in [9.17, 15) is 4.79 Å². The predicted molar refractivity (Wildman–Crippen MR) is 118 cm³/mol. The minimum absolute atomic E-state index is 0.365. The maximum Gasteiger partial charge on any atom is 0.248 e. The number of primary amides is 1. The van der Waals surface area contributed by atoms with Gasteiger partial charge in [0.05, 0.1) is 12.4 Å². The Bertz CT molecular complexity index is 1030. The molecule has 1 amide bonds. The van der Waals surface area contributed by atoms with Gasteiger partial charge in [-0.25, -0.2) is 4.98 Å². The molecular weight excluding hydrogens is 382 g/mol. The van der Waals surface area contributed by atoms with Gasteiger partial charge in [0.15, 0.2) is 0 Å². The highest BCUT2D eigenvalue weighted by Gasteiger charge is 2.04. The van der Waals surface area contributed by atoms with Crippen LogP contribution in [0.15, 0.2) is 97.6 Å². The second kappa shape index (κ2) is 9.71. The molecule has 2 N–H and O–H groups in total. The first-order chi connectivity index (χ1) is 14.0. The number of nitrogens with two attached hydrogens (primary N) is 1. The van der Waals surface area contributed by atoms with Gasteiger partial charge in [-0.2, -0.15) is 0 Å². The lowest BCUT2D eigenvalue weighted by molar-refractivity contribution is 0.100. The Labute approximate surface area is 175 Å². The largest absolute Gasteiger partial charge is 0.366 e. The first-order valence-electron chi connectivity index (χ1n) is 9.23. The highest BCUT2D eigenvalue weighted by atomic mass is 35.5. The van der Waals surface area contributed by atoms with Crippen LogP contribution >= 0.6 is 11.6 Å². The molecule has 1 heterocycles. The molecule has 4 nitrogen and oxygen atoms in total. The summed E-state index contributed by atoms with van der Waals surface area (Å²) in [6.45, 7) is 2.16.